The van der Waals surface area contributed by atoms with Crippen LogP contribution in [-0.4, -0.2) is 18.3 Å². The van der Waals surface area contributed by atoms with Gasteiger partial charge in [0.2, 0.25) is 0 Å². The lowest BCUT2D eigenvalue weighted by Gasteiger charge is -2.23. The molecule has 0 heterocycles. The first-order valence-electron chi connectivity index (χ1n) is 5.16. The highest BCUT2D eigenvalue weighted by Crippen LogP contribution is 2.36. The second-order valence-electron chi connectivity index (χ2n) is 4.28. The van der Waals surface area contributed by atoms with Crippen molar-refractivity contribution in [3.63, 3.8) is 0 Å². The Morgan fingerprint density at radius 2 is 2.00 bits per heavy atom. The molecule has 0 saturated heterocycles. The fourth-order valence-electron chi connectivity index (χ4n) is 2.08. The molecule has 0 radical (unpaired) electrons. The van der Waals surface area contributed by atoms with Crippen LogP contribution in [0.3, 0.4) is 0 Å². The molecule has 0 spiro atoms. The van der Waals surface area contributed by atoms with Crippen molar-refractivity contribution < 1.29 is 9.84 Å². The van der Waals surface area contributed by atoms with E-state index in [4.69, 9.17) is 4.74 Å². The number of methoxy groups -OCH3 is 1. The number of allylic oxidation sites excluding steroid dienone is 1. The Kier molecular flexibility index (Phi) is 2.53. The summed E-state index contributed by atoms with van der Waals surface area (Å²) in [5, 5.41) is 9.52. The molecule has 2 heteroatoms. The number of aliphatic hydroxyl groups excluding tert-OH is 1. The molecule has 15 heavy (non-hydrogen) atoms. The van der Waals surface area contributed by atoms with Gasteiger partial charge in [-0.25, -0.2) is 0 Å². The number of ether oxygens (including phenoxy) is 1. The quantitative estimate of drug-likeness (QED) is 0.749. The molecule has 2 atom stereocenters. The number of rotatable bonds is 2. The third-order valence-electron chi connectivity index (χ3n) is 3.07. The van der Waals surface area contributed by atoms with Gasteiger partial charge in [-0.15, -0.1) is 0 Å². The Morgan fingerprint density at radius 1 is 1.33 bits per heavy atom. The minimum absolute atomic E-state index is 0.0360. The molecule has 0 aliphatic heterocycles. The SMILES string of the molecule is COc1ccc(C2(C)C=CC(O)C2)cc1. The Hall–Kier alpha value is -1.28. The van der Waals surface area contributed by atoms with Gasteiger partial charge in [0.05, 0.1) is 13.2 Å². The van der Waals surface area contributed by atoms with Gasteiger partial charge in [0.25, 0.3) is 0 Å². The zero-order valence-electron chi connectivity index (χ0n) is 9.10. The molecule has 1 N–H and O–H groups in total. The molecule has 2 unspecified atom stereocenters. The summed E-state index contributed by atoms with van der Waals surface area (Å²) in [5.41, 5.74) is 1.18. The first kappa shape index (κ1) is 10.2. The van der Waals surface area contributed by atoms with Crippen molar-refractivity contribution in [2.45, 2.75) is 24.9 Å². The lowest BCUT2D eigenvalue weighted by molar-refractivity contribution is 0.205. The number of hydrogen-bond donors (Lipinski definition) is 1. The fraction of sp³-hybridized carbons (Fsp3) is 0.385. The number of benzene rings is 1. The second kappa shape index (κ2) is 3.70. The molecule has 2 rings (SSSR count). The molecule has 2 nitrogen and oxygen atoms in total. The molecule has 0 amide bonds. The highest BCUT2D eigenvalue weighted by molar-refractivity contribution is 5.37. The van der Waals surface area contributed by atoms with Gasteiger partial charge in [-0.1, -0.05) is 31.2 Å². The van der Waals surface area contributed by atoms with Crippen molar-refractivity contribution >= 4 is 0 Å². The molecule has 1 aliphatic carbocycles. The number of hydrogen-bond acceptors (Lipinski definition) is 2. The van der Waals surface area contributed by atoms with E-state index in [-0.39, 0.29) is 11.5 Å². The first-order chi connectivity index (χ1) is 7.14. The molecule has 1 aromatic rings. The molecular formula is C13H16O2. The smallest absolute Gasteiger partial charge is 0.118 e. The Balaban J connectivity index is 2.26. The van der Waals surface area contributed by atoms with Crippen molar-refractivity contribution in [2.24, 2.45) is 0 Å². The van der Waals surface area contributed by atoms with E-state index in [1.54, 1.807) is 7.11 Å². The lowest BCUT2D eigenvalue weighted by Crippen LogP contribution is -2.18. The maximum Gasteiger partial charge on any atom is 0.118 e. The van der Waals surface area contributed by atoms with Crippen LogP contribution in [0.5, 0.6) is 5.75 Å². The van der Waals surface area contributed by atoms with Gasteiger partial charge < -0.3 is 9.84 Å². The van der Waals surface area contributed by atoms with E-state index in [9.17, 15) is 5.11 Å². The molecular weight excluding hydrogens is 188 g/mol. The van der Waals surface area contributed by atoms with Crippen molar-refractivity contribution in [1.82, 2.24) is 0 Å². The summed E-state index contributed by atoms with van der Waals surface area (Å²) in [6.07, 6.45) is 4.40. The molecule has 0 fully saturated rings. The zero-order chi connectivity index (χ0) is 10.9. The Labute approximate surface area is 90.2 Å². The minimum atomic E-state index is -0.308. The van der Waals surface area contributed by atoms with E-state index in [0.717, 1.165) is 12.2 Å². The average Bonchev–Trinajstić information content (AvgIpc) is 2.60. The molecule has 1 aliphatic rings. The summed E-state index contributed by atoms with van der Waals surface area (Å²) in [6.45, 7) is 2.14. The highest BCUT2D eigenvalue weighted by atomic mass is 16.5. The highest BCUT2D eigenvalue weighted by Gasteiger charge is 2.30. The number of aliphatic hydroxyl groups is 1. The summed E-state index contributed by atoms with van der Waals surface area (Å²) >= 11 is 0. The van der Waals surface area contributed by atoms with Gasteiger partial charge in [-0.2, -0.15) is 0 Å². The van der Waals surface area contributed by atoms with E-state index >= 15 is 0 Å². The van der Waals surface area contributed by atoms with E-state index in [1.165, 1.54) is 5.56 Å². The van der Waals surface area contributed by atoms with Gasteiger partial charge in [0, 0.05) is 5.41 Å². The van der Waals surface area contributed by atoms with Crippen LogP contribution >= 0.6 is 0 Å². The lowest BCUT2D eigenvalue weighted by atomic mass is 9.82. The third-order valence-corrected chi connectivity index (χ3v) is 3.07. The molecule has 0 aromatic heterocycles. The maximum absolute atomic E-state index is 9.52. The van der Waals surface area contributed by atoms with E-state index < -0.39 is 0 Å². The Morgan fingerprint density at radius 3 is 2.47 bits per heavy atom. The van der Waals surface area contributed by atoms with E-state index in [2.05, 4.69) is 25.1 Å². The molecule has 1 aromatic carbocycles. The van der Waals surface area contributed by atoms with Gasteiger partial charge in [0.1, 0.15) is 5.75 Å². The van der Waals surface area contributed by atoms with E-state index in [1.807, 2.05) is 18.2 Å². The molecule has 0 saturated carbocycles. The van der Waals surface area contributed by atoms with Crippen LogP contribution in [0.4, 0.5) is 0 Å². The monoisotopic (exact) mass is 204 g/mol. The maximum atomic E-state index is 9.52. The molecule has 80 valence electrons. The van der Waals surface area contributed by atoms with Crippen LogP contribution < -0.4 is 4.74 Å². The largest absolute Gasteiger partial charge is 0.497 e. The van der Waals surface area contributed by atoms with Crippen LogP contribution in [0.25, 0.3) is 0 Å². The first-order valence-corrected chi connectivity index (χ1v) is 5.16. The Bertz CT molecular complexity index is 367. The summed E-state index contributed by atoms with van der Waals surface area (Å²) in [7, 11) is 1.66. The normalized spacial score (nSPS) is 29.4. The van der Waals surface area contributed by atoms with Crippen LogP contribution in [0.1, 0.15) is 18.9 Å². The van der Waals surface area contributed by atoms with E-state index in [0.29, 0.717) is 0 Å². The fourth-order valence-corrected chi connectivity index (χ4v) is 2.08. The van der Waals surface area contributed by atoms with Crippen molar-refractivity contribution in [3.05, 3.63) is 42.0 Å². The molecule has 0 bridgehead atoms. The van der Waals surface area contributed by atoms with Crippen molar-refractivity contribution in [1.29, 1.82) is 0 Å². The van der Waals surface area contributed by atoms with Crippen LogP contribution in [0.2, 0.25) is 0 Å². The van der Waals surface area contributed by atoms with Crippen LogP contribution in [0, 0.1) is 0 Å². The standard InChI is InChI=1S/C13H16O2/c1-13(8-7-11(14)9-13)10-3-5-12(15-2)6-4-10/h3-8,11,14H,9H2,1-2H3. The van der Waals surface area contributed by atoms with Gasteiger partial charge in [-0.05, 0) is 24.1 Å². The van der Waals surface area contributed by atoms with Crippen molar-refractivity contribution in [2.75, 3.05) is 7.11 Å². The topological polar surface area (TPSA) is 29.5 Å². The van der Waals surface area contributed by atoms with Crippen LogP contribution in [0.15, 0.2) is 36.4 Å². The second-order valence-corrected chi connectivity index (χ2v) is 4.28. The summed E-state index contributed by atoms with van der Waals surface area (Å²) in [5.74, 6) is 0.866. The summed E-state index contributed by atoms with van der Waals surface area (Å²) in [4.78, 5) is 0. The van der Waals surface area contributed by atoms with Crippen LogP contribution in [-0.2, 0) is 5.41 Å². The zero-order valence-corrected chi connectivity index (χ0v) is 9.10. The average molecular weight is 204 g/mol. The van der Waals surface area contributed by atoms with Gasteiger partial charge in [0.15, 0.2) is 0 Å². The predicted molar refractivity (Wildman–Crippen MR) is 60.1 cm³/mol. The summed E-state index contributed by atoms with van der Waals surface area (Å²) in [6, 6.07) is 8.03. The van der Waals surface area contributed by atoms with Gasteiger partial charge in [-0.3, -0.25) is 0 Å². The predicted octanol–water partition coefficient (Wildman–Crippen LogP) is 2.27. The minimum Gasteiger partial charge on any atom is -0.497 e. The summed E-state index contributed by atoms with van der Waals surface area (Å²) < 4.78 is 5.12. The third kappa shape index (κ3) is 1.90. The van der Waals surface area contributed by atoms with Gasteiger partial charge >= 0.3 is 0 Å². The van der Waals surface area contributed by atoms with Crippen molar-refractivity contribution in [3.8, 4) is 5.75 Å².